The van der Waals surface area contributed by atoms with Crippen molar-refractivity contribution in [1.82, 2.24) is 19.7 Å². The van der Waals surface area contributed by atoms with Crippen molar-refractivity contribution < 1.29 is 4.79 Å². The molecule has 0 radical (unpaired) electrons. The van der Waals surface area contributed by atoms with Gasteiger partial charge in [0, 0.05) is 18.3 Å². The number of hydrogen-bond acceptors (Lipinski definition) is 5. The van der Waals surface area contributed by atoms with E-state index in [9.17, 15) is 4.79 Å². The minimum absolute atomic E-state index is 0.177. The predicted molar refractivity (Wildman–Crippen MR) is 109 cm³/mol. The van der Waals surface area contributed by atoms with Crippen LogP contribution in [0.15, 0.2) is 66.5 Å². The summed E-state index contributed by atoms with van der Waals surface area (Å²) in [6, 6.07) is 13.1. The fourth-order valence-corrected chi connectivity index (χ4v) is 3.33. The van der Waals surface area contributed by atoms with Crippen molar-refractivity contribution in [2.75, 3.05) is 5.32 Å². The minimum Gasteiger partial charge on any atom is -0.310 e. The topological polar surface area (TPSA) is 72.7 Å². The molecule has 8 heteroatoms. The Morgan fingerprint density at radius 1 is 1.30 bits per heavy atom. The Labute approximate surface area is 166 Å². The molecule has 0 aliphatic heterocycles. The summed E-state index contributed by atoms with van der Waals surface area (Å²) < 4.78 is 1.94. The third kappa shape index (κ3) is 4.75. The number of rotatable bonds is 7. The van der Waals surface area contributed by atoms with E-state index < -0.39 is 0 Å². The van der Waals surface area contributed by atoms with E-state index in [-0.39, 0.29) is 11.2 Å². The molecule has 1 aromatic carbocycles. The van der Waals surface area contributed by atoms with Crippen molar-refractivity contribution in [3.05, 3.63) is 66.3 Å². The van der Waals surface area contributed by atoms with Crippen LogP contribution < -0.4 is 5.32 Å². The molecule has 1 atom stereocenters. The number of halogens is 1. The van der Waals surface area contributed by atoms with Gasteiger partial charge in [0.15, 0.2) is 11.0 Å². The second-order valence-electron chi connectivity index (χ2n) is 5.68. The van der Waals surface area contributed by atoms with Crippen LogP contribution in [0.5, 0.6) is 0 Å². The second kappa shape index (κ2) is 8.83. The van der Waals surface area contributed by atoms with E-state index in [2.05, 4.69) is 27.1 Å². The third-order valence-electron chi connectivity index (χ3n) is 3.69. The van der Waals surface area contributed by atoms with Crippen LogP contribution in [0.1, 0.15) is 6.92 Å². The normalized spacial score (nSPS) is 11.8. The van der Waals surface area contributed by atoms with Crippen LogP contribution in [0.2, 0.25) is 5.02 Å². The molecular formula is C19H18ClN5OS. The summed E-state index contributed by atoms with van der Waals surface area (Å²) in [4.78, 5) is 16.5. The maximum Gasteiger partial charge on any atom is 0.238 e. The van der Waals surface area contributed by atoms with Crippen molar-refractivity contribution >= 4 is 35.1 Å². The van der Waals surface area contributed by atoms with Crippen LogP contribution in [0.4, 0.5) is 5.82 Å². The van der Waals surface area contributed by atoms with Gasteiger partial charge >= 0.3 is 0 Å². The fourth-order valence-electron chi connectivity index (χ4n) is 2.36. The maximum atomic E-state index is 12.5. The van der Waals surface area contributed by atoms with Gasteiger partial charge in [-0.2, -0.15) is 0 Å². The number of aromatic nitrogens is 4. The Bertz CT molecular complexity index is 927. The Balaban J connectivity index is 1.76. The van der Waals surface area contributed by atoms with Crippen LogP contribution in [0, 0.1) is 0 Å². The molecule has 0 aliphatic carbocycles. The van der Waals surface area contributed by atoms with Gasteiger partial charge in [-0.3, -0.25) is 9.36 Å². The van der Waals surface area contributed by atoms with E-state index in [0.717, 1.165) is 11.4 Å². The summed E-state index contributed by atoms with van der Waals surface area (Å²) in [5.41, 5.74) is 0.959. The lowest BCUT2D eigenvalue weighted by atomic mass is 10.2. The third-order valence-corrected chi connectivity index (χ3v) is 4.99. The Morgan fingerprint density at radius 2 is 2.07 bits per heavy atom. The molecular weight excluding hydrogens is 382 g/mol. The average Bonchev–Trinajstić information content (AvgIpc) is 3.07. The summed E-state index contributed by atoms with van der Waals surface area (Å²) in [5.74, 6) is 1.02. The first-order valence-corrected chi connectivity index (χ1v) is 9.53. The van der Waals surface area contributed by atoms with Gasteiger partial charge in [0.25, 0.3) is 0 Å². The number of carbonyl (C=O) groups is 1. The molecule has 0 bridgehead atoms. The van der Waals surface area contributed by atoms with Gasteiger partial charge in [-0.25, -0.2) is 4.98 Å². The molecule has 3 rings (SSSR count). The van der Waals surface area contributed by atoms with Crippen LogP contribution >= 0.6 is 23.4 Å². The highest BCUT2D eigenvalue weighted by Crippen LogP contribution is 2.27. The van der Waals surface area contributed by atoms with Crippen molar-refractivity contribution in [2.45, 2.75) is 23.9 Å². The van der Waals surface area contributed by atoms with E-state index >= 15 is 0 Å². The van der Waals surface area contributed by atoms with E-state index in [0.29, 0.717) is 22.5 Å². The largest absolute Gasteiger partial charge is 0.310 e. The van der Waals surface area contributed by atoms with E-state index in [4.69, 9.17) is 11.6 Å². The van der Waals surface area contributed by atoms with Gasteiger partial charge in [-0.1, -0.05) is 59.8 Å². The monoisotopic (exact) mass is 399 g/mol. The van der Waals surface area contributed by atoms with Crippen molar-refractivity contribution in [3.8, 4) is 11.4 Å². The molecule has 6 nitrogen and oxygen atoms in total. The van der Waals surface area contributed by atoms with E-state index in [1.54, 1.807) is 18.2 Å². The zero-order valence-electron chi connectivity index (χ0n) is 14.7. The maximum absolute atomic E-state index is 12.5. The first-order valence-electron chi connectivity index (χ1n) is 8.27. The van der Waals surface area contributed by atoms with Crippen LogP contribution in [-0.4, -0.2) is 30.9 Å². The van der Waals surface area contributed by atoms with E-state index in [1.807, 2.05) is 41.8 Å². The first kappa shape index (κ1) is 19.1. The highest BCUT2D eigenvalue weighted by atomic mass is 35.5. The number of pyridine rings is 1. The van der Waals surface area contributed by atoms with Crippen LogP contribution in [0.25, 0.3) is 11.4 Å². The minimum atomic E-state index is -0.390. The number of thioether (sulfide) groups is 1. The molecule has 2 aromatic heterocycles. The molecule has 3 aromatic rings. The average molecular weight is 400 g/mol. The number of hydrogen-bond donors (Lipinski definition) is 1. The summed E-state index contributed by atoms with van der Waals surface area (Å²) >= 11 is 7.14. The highest BCUT2D eigenvalue weighted by Gasteiger charge is 2.20. The molecule has 0 saturated carbocycles. The zero-order valence-corrected chi connectivity index (χ0v) is 16.2. The van der Waals surface area contributed by atoms with Gasteiger partial charge in [-0.15, -0.1) is 16.8 Å². The molecule has 1 N–H and O–H groups in total. The van der Waals surface area contributed by atoms with Gasteiger partial charge in [0.2, 0.25) is 5.91 Å². The second-order valence-corrected chi connectivity index (χ2v) is 7.43. The van der Waals surface area contributed by atoms with Crippen LogP contribution in [0.3, 0.4) is 0 Å². The molecule has 0 unspecified atom stereocenters. The first-order chi connectivity index (χ1) is 13.1. The van der Waals surface area contributed by atoms with Crippen molar-refractivity contribution in [2.24, 2.45) is 0 Å². The summed E-state index contributed by atoms with van der Waals surface area (Å²) in [5, 5.41) is 12.1. The Morgan fingerprint density at radius 3 is 2.74 bits per heavy atom. The highest BCUT2D eigenvalue weighted by molar-refractivity contribution is 8.00. The smallest absolute Gasteiger partial charge is 0.238 e. The molecule has 2 heterocycles. The molecule has 0 saturated heterocycles. The van der Waals surface area contributed by atoms with E-state index in [1.165, 1.54) is 18.0 Å². The fraction of sp³-hybridized carbons (Fsp3) is 0.158. The molecule has 1 amide bonds. The van der Waals surface area contributed by atoms with Gasteiger partial charge in [0.1, 0.15) is 5.82 Å². The lowest BCUT2D eigenvalue weighted by Crippen LogP contribution is -2.23. The number of allylic oxidation sites excluding steroid dienone is 1. The summed E-state index contributed by atoms with van der Waals surface area (Å²) in [6.07, 6.45) is 3.27. The molecule has 138 valence electrons. The quantitative estimate of drug-likeness (QED) is 0.473. The standard InChI is InChI=1S/C19H18ClN5OS/c1-3-11-25-17(14-7-5-4-6-8-14)23-24-19(25)27-13(2)18(26)22-16-10-9-15(20)12-21-16/h3-10,12-13H,1,11H2,2H3,(H,21,22,26)/t13-/m1/s1. The van der Waals surface area contributed by atoms with Crippen LogP contribution in [-0.2, 0) is 11.3 Å². The molecule has 0 aliphatic rings. The zero-order chi connectivity index (χ0) is 19.2. The number of benzene rings is 1. The summed E-state index contributed by atoms with van der Waals surface area (Å²) in [6.45, 7) is 6.16. The number of nitrogens with zero attached hydrogens (tertiary/aromatic N) is 4. The molecule has 0 spiro atoms. The van der Waals surface area contributed by atoms with Gasteiger partial charge < -0.3 is 5.32 Å². The predicted octanol–water partition coefficient (Wildman–Crippen LogP) is 4.30. The molecule has 0 fully saturated rings. The lowest BCUT2D eigenvalue weighted by Gasteiger charge is -2.12. The SMILES string of the molecule is C=CCn1c(S[C@H](C)C(=O)Nc2ccc(Cl)cn2)nnc1-c1ccccc1. The number of anilines is 1. The molecule has 27 heavy (non-hydrogen) atoms. The van der Waals surface area contributed by atoms with Gasteiger partial charge in [0.05, 0.1) is 10.3 Å². The lowest BCUT2D eigenvalue weighted by molar-refractivity contribution is -0.115. The number of amides is 1. The van der Waals surface area contributed by atoms with Crippen molar-refractivity contribution in [3.63, 3.8) is 0 Å². The Kier molecular flexibility index (Phi) is 6.26. The summed E-state index contributed by atoms with van der Waals surface area (Å²) in [7, 11) is 0. The van der Waals surface area contributed by atoms with Crippen molar-refractivity contribution in [1.29, 1.82) is 0 Å². The Hall–Kier alpha value is -2.64. The number of nitrogens with one attached hydrogen (secondary N) is 1. The number of carbonyl (C=O) groups excluding carboxylic acids is 1. The van der Waals surface area contributed by atoms with Gasteiger partial charge in [-0.05, 0) is 19.1 Å².